The van der Waals surface area contributed by atoms with Gasteiger partial charge in [0.25, 0.3) is 5.91 Å². The maximum atomic E-state index is 12.9. The molecule has 3 aromatic rings. The molecule has 0 aliphatic heterocycles. The van der Waals surface area contributed by atoms with Gasteiger partial charge in [-0.3, -0.25) is 4.79 Å². The van der Waals surface area contributed by atoms with Crippen LogP contribution in [-0.4, -0.2) is 5.91 Å². The van der Waals surface area contributed by atoms with Crippen LogP contribution in [0.25, 0.3) is 0 Å². The Morgan fingerprint density at radius 3 is 1.91 bits per heavy atom. The lowest BCUT2D eigenvalue weighted by Gasteiger charge is -2.12. The maximum absolute atomic E-state index is 12.9. The molecule has 0 spiro atoms. The Labute approximate surface area is 206 Å². The molecule has 0 aliphatic rings. The minimum atomic E-state index is -0.427. The molecule has 0 heterocycles. The van der Waals surface area contributed by atoms with Crippen molar-refractivity contribution in [1.29, 1.82) is 5.26 Å². The van der Waals surface area contributed by atoms with Gasteiger partial charge < -0.3 is 5.32 Å². The van der Waals surface area contributed by atoms with E-state index in [-0.39, 0.29) is 5.57 Å². The summed E-state index contributed by atoms with van der Waals surface area (Å²) in [5.41, 5.74) is 3.85. The maximum Gasteiger partial charge on any atom is 0.268 e. The predicted molar refractivity (Wildman–Crippen MR) is 138 cm³/mol. The van der Waals surface area contributed by atoms with Crippen LogP contribution in [0.2, 0.25) is 10.0 Å². The highest BCUT2D eigenvalue weighted by Gasteiger charge is 2.18. The van der Waals surface area contributed by atoms with Gasteiger partial charge in [-0.15, -0.1) is 23.5 Å². The highest BCUT2D eigenvalue weighted by Crippen LogP contribution is 2.37. The van der Waals surface area contributed by atoms with Gasteiger partial charge in [0.1, 0.15) is 11.6 Å². The molecular formula is C25H20Cl2N2OS2. The van der Waals surface area contributed by atoms with E-state index >= 15 is 0 Å². The molecule has 0 atom stereocenters. The van der Waals surface area contributed by atoms with Crippen molar-refractivity contribution in [2.45, 2.75) is 18.4 Å². The first-order valence-corrected chi connectivity index (χ1v) is 12.4. The summed E-state index contributed by atoms with van der Waals surface area (Å²) >= 11 is 15.1. The zero-order chi connectivity index (χ0) is 22.9. The molecular weight excluding hydrogens is 479 g/mol. The number of aryl methyl sites for hydroxylation is 1. The number of thioether (sulfide) groups is 2. The SMILES string of the molecule is Cc1ccc(NC(=O)C(C#N)=C(SCc2cccc(Cl)c2)SCc2cccc(Cl)c2)cc1. The number of benzene rings is 3. The third kappa shape index (κ3) is 7.36. The fourth-order valence-corrected chi connectivity index (χ4v) is 5.39. The lowest BCUT2D eigenvalue weighted by atomic mass is 10.2. The molecule has 1 amide bonds. The second-order valence-corrected chi connectivity index (χ2v) is 10.0. The van der Waals surface area contributed by atoms with Crippen molar-refractivity contribution in [3.8, 4) is 6.07 Å². The summed E-state index contributed by atoms with van der Waals surface area (Å²) in [5, 5.41) is 14.0. The number of hydrogen-bond donors (Lipinski definition) is 1. The molecule has 0 radical (unpaired) electrons. The Morgan fingerprint density at radius 1 is 0.906 bits per heavy atom. The van der Waals surface area contributed by atoms with Crippen LogP contribution in [-0.2, 0) is 16.3 Å². The van der Waals surface area contributed by atoms with Crippen molar-refractivity contribution < 1.29 is 4.79 Å². The number of carbonyl (C=O) groups excluding carboxylic acids is 1. The highest BCUT2D eigenvalue weighted by atomic mass is 35.5. The van der Waals surface area contributed by atoms with Gasteiger partial charge in [-0.25, -0.2) is 0 Å². The average Bonchev–Trinajstić information content (AvgIpc) is 2.77. The predicted octanol–water partition coefficient (Wildman–Crippen LogP) is 7.84. The summed E-state index contributed by atoms with van der Waals surface area (Å²) in [5.74, 6) is 0.742. The Hall–Kier alpha value is -2.36. The first kappa shape index (κ1) is 24.3. The van der Waals surface area contributed by atoms with Crippen LogP contribution in [0.1, 0.15) is 16.7 Å². The highest BCUT2D eigenvalue weighted by molar-refractivity contribution is 8.21. The summed E-state index contributed by atoms with van der Waals surface area (Å²) in [4.78, 5) is 12.9. The smallest absolute Gasteiger partial charge is 0.268 e. The van der Waals surface area contributed by atoms with E-state index in [9.17, 15) is 10.1 Å². The Bertz CT molecular complexity index is 1120. The van der Waals surface area contributed by atoms with E-state index in [4.69, 9.17) is 23.2 Å². The van der Waals surface area contributed by atoms with Crippen LogP contribution in [0.4, 0.5) is 5.69 Å². The summed E-state index contributed by atoms with van der Waals surface area (Å²) in [7, 11) is 0. The van der Waals surface area contributed by atoms with E-state index in [1.807, 2.05) is 79.7 Å². The van der Waals surface area contributed by atoms with Crippen molar-refractivity contribution in [3.05, 3.63) is 109 Å². The largest absolute Gasteiger partial charge is 0.321 e. The molecule has 0 fully saturated rings. The van der Waals surface area contributed by atoms with E-state index in [0.717, 1.165) is 16.7 Å². The average molecular weight is 499 g/mol. The van der Waals surface area contributed by atoms with E-state index < -0.39 is 5.91 Å². The van der Waals surface area contributed by atoms with Crippen LogP contribution in [0, 0.1) is 18.3 Å². The number of halogens is 2. The lowest BCUT2D eigenvalue weighted by Crippen LogP contribution is -2.14. The first-order valence-electron chi connectivity index (χ1n) is 9.71. The van der Waals surface area contributed by atoms with Crippen LogP contribution < -0.4 is 5.32 Å². The van der Waals surface area contributed by atoms with Gasteiger partial charge in [0, 0.05) is 27.2 Å². The minimum absolute atomic E-state index is 0.0876. The fraction of sp³-hybridized carbons (Fsp3) is 0.120. The fourth-order valence-electron chi connectivity index (χ4n) is 2.76. The summed E-state index contributed by atoms with van der Waals surface area (Å²) in [6, 6.07) is 24.7. The Kier molecular flexibility index (Phi) is 9.13. The van der Waals surface area contributed by atoms with Gasteiger partial charge >= 0.3 is 0 Å². The zero-order valence-corrected chi connectivity index (χ0v) is 20.4. The normalized spacial score (nSPS) is 10.3. The number of anilines is 1. The van der Waals surface area contributed by atoms with E-state index in [1.165, 1.54) is 23.5 Å². The molecule has 0 saturated heterocycles. The van der Waals surface area contributed by atoms with Gasteiger partial charge in [0.05, 0.1) is 4.24 Å². The molecule has 1 N–H and O–H groups in total. The minimum Gasteiger partial charge on any atom is -0.321 e. The van der Waals surface area contributed by atoms with E-state index in [1.54, 1.807) is 0 Å². The van der Waals surface area contributed by atoms with Crippen molar-refractivity contribution in [2.75, 3.05) is 5.32 Å². The van der Waals surface area contributed by atoms with Gasteiger partial charge in [-0.2, -0.15) is 5.26 Å². The molecule has 0 aromatic heterocycles. The Balaban J connectivity index is 1.84. The molecule has 3 rings (SSSR count). The van der Waals surface area contributed by atoms with Crippen LogP contribution in [0.15, 0.2) is 82.6 Å². The van der Waals surface area contributed by atoms with E-state index in [2.05, 4.69) is 11.4 Å². The van der Waals surface area contributed by atoms with Crippen molar-refractivity contribution in [1.82, 2.24) is 0 Å². The summed E-state index contributed by atoms with van der Waals surface area (Å²) in [6.07, 6.45) is 0. The van der Waals surface area contributed by atoms with Gasteiger partial charge in [0.2, 0.25) is 0 Å². The van der Waals surface area contributed by atoms with Crippen LogP contribution in [0.3, 0.4) is 0 Å². The van der Waals surface area contributed by atoms with Gasteiger partial charge in [0.15, 0.2) is 0 Å². The quantitative estimate of drug-likeness (QED) is 0.253. The molecule has 7 heteroatoms. The van der Waals surface area contributed by atoms with E-state index in [0.29, 0.717) is 31.5 Å². The van der Waals surface area contributed by atoms with Crippen molar-refractivity contribution in [2.24, 2.45) is 0 Å². The van der Waals surface area contributed by atoms with Crippen LogP contribution >= 0.6 is 46.7 Å². The third-order valence-electron chi connectivity index (χ3n) is 4.37. The molecule has 3 aromatic carbocycles. The first-order chi connectivity index (χ1) is 15.4. The summed E-state index contributed by atoms with van der Waals surface area (Å²) in [6.45, 7) is 1.98. The second kappa shape index (κ2) is 12.0. The number of rotatable bonds is 8. The molecule has 0 aliphatic carbocycles. The van der Waals surface area contributed by atoms with Gasteiger partial charge in [-0.1, -0.05) is 65.2 Å². The molecule has 32 heavy (non-hydrogen) atoms. The number of nitriles is 1. The molecule has 162 valence electrons. The molecule has 0 bridgehead atoms. The molecule has 0 saturated carbocycles. The van der Waals surface area contributed by atoms with Crippen molar-refractivity contribution in [3.63, 3.8) is 0 Å². The topological polar surface area (TPSA) is 52.9 Å². The number of carbonyl (C=O) groups is 1. The number of hydrogen-bond acceptors (Lipinski definition) is 4. The van der Waals surface area contributed by atoms with Gasteiger partial charge in [-0.05, 0) is 54.4 Å². The number of nitrogens with one attached hydrogen (secondary N) is 1. The lowest BCUT2D eigenvalue weighted by molar-refractivity contribution is -0.112. The molecule has 3 nitrogen and oxygen atoms in total. The zero-order valence-electron chi connectivity index (χ0n) is 17.3. The molecule has 0 unspecified atom stereocenters. The number of nitrogens with zero attached hydrogens (tertiary/aromatic N) is 1. The Morgan fingerprint density at radius 2 is 1.44 bits per heavy atom. The number of amides is 1. The standard InChI is InChI=1S/C25H20Cl2N2OS2/c1-17-8-10-22(11-9-17)29-24(30)23(14-28)25(31-15-18-4-2-6-20(26)12-18)32-16-19-5-3-7-21(27)13-19/h2-13H,15-16H2,1H3,(H,29,30). The van der Waals surface area contributed by atoms with Crippen molar-refractivity contribution >= 4 is 58.3 Å². The summed E-state index contributed by atoms with van der Waals surface area (Å²) < 4.78 is 0.650. The van der Waals surface area contributed by atoms with Crippen LogP contribution in [0.5, 0.6) is 0 Å². The second-order valence-electron chi connectivity index (χ2n) is 6.93. The third-order valence-corrected chi connectivity index (χ3v) is 7.44. The monoisotopic (exact) mass is 498 g/mol.